The van der Waals surface area contributed by atoms with Gasteiger partial charge in [0.2, 0.25) is 0 Å². The van der Waals surface area contributed by atoms with E-state index in [1.54, 1.807) is 0 Å². The number of benzene rings is 1. The lowest BCUT2D eigenvalue weighted by atomic mass is 10.1. The van der Waals surface area contributed by atoms with Gasteiger partial charge in [0.15, 0.2) is 0 Å². The zero-order valence-electron chi connectivity index (χ0n) is 9.99. The minimum atomic E-state index is -4.71. The first-order valence-corrected chi connectivity index (χ1v) is 5.30. The van der Waals surface area contributed by atoms with Crippen molar-refractivity contribution in [1.29, 1.82) is 0 Å². The summed E-state index contributed by atoms with van der Waals surface area (Å²) < 4.78 is 50.7. The average Bonchev–Trinajstić information content (AvgIpc) is 2.37. The van der Waals surface area contributed by atoms with E-state index in [2.05, 4.69) is 9.97 Å². The van der Waals surface area contributed by atoms with Crippen LogP contribution in [0.25, 0.3) is 11.3 Å². The van der Waals surface area contributed by atoms with Crippen LogP contribution in [-0.4, -0.2) is 9.97 Å². The highest BCUT2D eigenvalue weighted by Gasteiger charge is 2.33. The number of hydrogen-bond donors (Lipinski definition) is 1. The van der Waals surface area contributed by atoms with Crippen molar-refractivity contribution < 1.29 is 17.6 Å². The molecule has 2 aromatic rings. The lowest BCUT2D eigenvalue weighted by Gasteiger charge is -2.09. The third-order valence-electron chi connectivity index (χ3n) is 2.50. The molecule has 0 spiro atoms. The van der Waals surface area contributed by atoms with Gasteiger partial charge in [0, 0.05) is 12.1 Å². The van der Waals surface area contributed by atoms with Crippen molar-refractivity contribution >= 4 is 12.4 Å². The van der Waals surface area contributed by atoms with Crippen LogP contribution in [0.3, 0.4) is 0 Å². The fourth-order valence-electron chi connectivity index (χ4n) is 1.57. The van der Waals surface area contributed by atoms with Crippen molar-refractivity contribution in [1.82, 2.24) is 9.97 Å². The maximum Gasteiger partial charge on any atom is 0.419 e. The van der Waals surface area contributed by atoms with Crippen LogP contribution in [0.2, 0.25) is 0 Å². The van der Waals surface area contributed by atoms with Crippen molar-refractivity contribution in [3.05, 3.63) is 47.7 Å². The highest BCUT2D eigenvalue weighted by Crippen LogP contribution is 2.33. The summed E-state index contributed by atoms with van der Waals surface area (Å²) >= 11 is 0. The van der Waals surface area contributed by atoms with Crippen molar-refractivity contribution in [2.75, 3.05) is 0 Å². The van der Waals surface area contributed by atoms with Crippen LogP contribution in [0.5, 0.6) is 0 Å². The lowest BCUT2D eigenvalue weighted by Crippen LogP contribution is -2.08. The molecule has 2 N–H and O–H groups in total. The van der Waals surface area contributed by atoms with Gasteiger partial charge in [-0.2, -0.15) is 13.2 Å². The minimum absolute atomic E-state index is 0. The van der Waals surface area contributed by atoms with Crippen molar-refractivity contribution in [2.24, 2.45) is 5.73 Å². The second-order valence-electron chi connectivity index (χ2n) is 3.79. The maximum absolute atomic E-state index is 13.4. The van der Waals surface area contributed by atoms with Gasteiger partial charge in [-0.05, 0) is 18.2 Å². The summed E-state index contributed by atoms with van der Waals surface area (Å²) in [7, 11) is 0. The van der Waals surface area contributed by atoms with Crippen LogP contribution in [0, 0.1) is 5.82 Å². The Labute approximate surface area is 118 Å². The Hall–Kier alpha value is -1.73. The Kier molecular flexibility index (Phi) is 5.02. The third kappa shape index (κ3) is 3.43. The molecule has 0 atom stereocenters. The monoisotopic (exact) mass is 307 g/mol. The maximum atomic E-state index is 13.4. The summed E-state index contributed by atoms with van der Waals surface area (Å²) in [5, 5.41) is 0. The molecule has 0 saturated heterocycles. The van der Waals surface area contributed by atoms with Gasteiger partial charge in [-0.3, -0.25) is 0 Å². The number of nitrogens with zero attached hydrogens (tertiary/aromatic N) is 2. The van der Waals surface area contributed by atoms with Crippen LogP contribution in [0.1, 0.15) is 11.3 Å². The van der Waals surface area contributed by atoms with Gasteiger partial charge >= 0.3 is 6.18 Å². The Morgan fingerprint density at radius 3 is 2.35 bits per heavy atom. The molecule has 3 nitrogen and oxygen atoms in total. The number of halogens is 5. The Morgan fingerprint density at radius 1 is 1.10 bits per heavy atom. The van der Waals surface area contributed by atoms with Gasteiger partial charge in [0.1, 0.15) is 12.1 Å². The average molecular weight is 308 g/mol. The first kappa shape index (κ1) is 16.3. The predicted octanol–water partition coefficient (Wildman–Crippen LogP) is 3.18. The minimum Gasteiger partial charge on any atom is -0.325 e. The molecule has 8 heteroatoms. The summed E-state index contributed by atoms with van der Waals surface area (Å²) in [6, 6.07) is 4.15. The van der Waals surface area contributed by atoms with Crippen LogP contribution in [-0.2, 0) is 12.7 Å². The molecule has 0 aliphatic rings. The highest BCUT2D eigenvalue weighted by molar-refractivity contribution is 5.85. The van der Waals surface area contributed by atoms with Crippen LogP contribution in [0.4, 0.5) is 17.6 Å². The number of rotatable bonds is 2. The molecule has 20 heavy (non-hydrogen) atoms. The predicted molar refractivity (Wildman–Crippen MR) is 67.6 cm³/mol. The molecule has 0 saturated carbocycles. The van der Waals surface area contributed by atoms with Crippen molar-refractivity contribution in [3.63, 3.8) is 0 Å². The van der Waals surface area contributed by atoms with Crippen molar-refractivity contribution in [2.45, 2.75) is 12.7 Å². The van der Waals surface area contributed by atoms with Gasteiger partial charge in [-0.1, -0.05) is 6.07 Å². The van der Waals surface area contributed by atoms with Crippen LogP contribution >= 0.6 is 12.4 Å². The SMILES string of the molecule is Cl.NCc1cc(-c2ccc(C(F)(F)F)c(F)c2)ncn1. The molecular weight excluding hydrogens is 298 g/mol. The first-order valence-electron chi connectivity index (χ1n) is 5.30. The van der Waals surface area contributed by atoms with Gasteiger partial charge < -0.3 is 5.73 Å². The molecular formula is C12H10ClF4N3. The fourth-order valence-corrected chi connectivity index (χ4v) is 1.57. The first-order chi connectivity index (χ1) is 8.91. The number of alkyl halides is 3. The molecule has 0 aliphatic carbocycles. The molecule has 0 unspecified atom stereocenters. The smallest absolute Gasteiger partial charge is 0.325 e. The fraction of sp³-hybridized carbons (Fsp3) is 0.167. The Balaban J connectivity index is 0.00000200. The molecule has 2 rings (SSSR count). The summed E-state index contributed by atoms with van der Waals surface area (Å²) in [5.74, 6) is -1.34. The third-order valence-corrected chi connectivity index (χ3v) is 2.50. The van der Waals surface area contributed by atoms with E-state index in [0.717, 1.165) is 12.1 Å². The normalized spacial score (nSPS) is 11.1. The second-order valence-corrected chi connectivity index (χ2v) is 3.79. The number of aromatic nitrogens is 2. The standard InChI is InChI=1S/C12H9F4N3.ClH/c13-10-3-7(1-2-9(10)12(14,15)16)11-4-8(5-17)18-6-19-11;/h1-4,6H,5,17H2;1H. The molecule has 0 amide bonds. The summed E-state index contributed by atoms with van der Waals surface area (Å²) in [5.41, 5.74) is 5.17. The summed E-state index contributed by atoms with van der Waals surface area (Å²) in [6.07, 6.45) is -3.48. The van der Waals surface area contributed by atoms with Gasteiger partial charge in [-0.15, -0.1) is 12.4 Å². The molecule has 0 bridgehead atoms. The quantitative estimate of drug-likeness (QED) is 0.867. The van der Waals surface area contributed by atoms with E-state index in [9.17, 15) is 17.6 Å². The molecule has 0 fully saturated rings. The van der Waals surface area contributed by atoms with E-state index in [-0.39, 0.29) is 24.5 Å². The van der Waals surface area contributed by atoms with E-state index in [1.165, 1.54) is 12.4 Å². The van der Waals surface area contributed by atoms with Crippen LogP contribution in [0.15, 0.2) is 30.6 Å². The summed E-state index contributed by atoms with van der Waals surface area (Å²) in [6.45, 7) is 0.165. The topological polar surface area (TPSA) is 51.8 Å². The molecule has 108 valence electrons. The van der Waals surface area contributed by atoms with E-state index in [0.29, 0.717) is 17.5 Å². The second kappa shape index (κ2) is 6.15. The molecule has 0 aliphatic heterocycles. The molecule has 1 aromatic carbocycles. The van der Waals surface area contributed by atoms with Gasteiger partial charge in [-0.25, -0.2) is 14.4 Å². The van der Waals surface area contributed by atoms with E-state index in [1.807, 2.05) is 0 Å². The Morgan fingerprint density at radius 2 is 1.80 bits per heavy atom. The van der Waals surface area contributed by atoms with E-state index < -0.39 is 17.6 Å². The molecule has 1 aromatic heterocycles. The van der Waals surface area contributed by atoms with Crippen LogP contribution < -0.4 is 5.73 Å². The zero-order valence-corrected chi connectivity index (χ0v) is 10.8. The van der Waals surface area contributed by atoms with Gasteiger partial charge in [0.25, 0.3) is 0 Å². The van der Waals surface area contributed by atoms with E-state index in [4.69, 9.17) is 5.73 Å². The van der Waals surface area contributed by atoms with E-state index >= 15 is 0 Å². The number of hydrogen-bond acceptors (Lipinski definition) is 3. The number of nitrogens with two attached hydrogens (primary N) is 1. The summed E-state index contributed by atoms with van der Waals surface area (Å²) in [4.78, 5) is 7.73. The molecule has 0 radical (unpaired) electrons. The van der Waals surface area contributed by atoms with Crippen molar-refractivity contribution in [3.8, 4) is 11.3 Å². The zero-order chi connectivity index (χ0) is 14.0. The lowest BCUT2D eigenvalue weighted by molar-refractivity contribution is -0.139. The highest BCUT2D eigenvalue weighted by atomic mass is 35.5. The van der Waals surface area contributed by atoms with Gasteiger partial charge in [0.05, 0.1) is 17.0 Å². The molecule has 1 heterocycles. The Bertz CT molecular complexity index is 601. The largest absolute Gasteiger partial charge is 0.419 e.